The van der Waals surface area contributed by atoms with E-state index in [-0.39, 0.29) is 28.4 Å². The van der Waals surface area contributed by atoms with Gasteiger partial charge in [-0.2, -0.15) is 13.2 Å². The number of alkyl carbamates (subject to hydrolysis) is 1. The number of carbonyl (C=O) groups excluding carboxylic acids is 2. The van der Waals surface area contributed by atoms with Crippen molar-refractivity contribution in [3.05, 3.63) is 99.3 Å². The molecule has 2 heterocycles. The van der Waals surface area contributed by atoms with Crippen LogP contribution in [0.25, 0.3) is 11.3 Å². The number of benzene rings is 2. The molecular formula is C27H20BrF5N4O5. The first kappa shape index (κ1) is 30.4. The predicted octanol–water partition coefficient (Wildman–Crippen LogP) is 6.25. The lowest BCUT2D eigenvalue weighted by Crippen LogP contribution is -2.27. The summed E-state index contributed by atoms with van der Waals surface area (Å²) in [6.45, 7) is 1.27. The van der Waals surface area contributed by atoms with Crippen molar-refractivity contribution < 1.29 is 45.4 Å². The average Bonchev–Trinajstić information content (AvgIpc) is 3.32. The van der Waals surface area contributed by atoms with Crippen LogP contribution in [-0.4, -0.2) is 28.6 Å². The molecule has 0 bridgehead atoms. The normalized spacial score (nSPS) is 12.1. The van der Waals surface area contributed by atoms with Crippen LogP contribution in [0.5, 0.6) is 5.75 Å². The highest BCUT2D eigenvalue weighted by Gasteiger charge is 2.31. The molecule has 1 unspecified atom stereocenters. The van der Waals surface area contributed by atoms with Crippen LogP contribution >= 0.6 is 15.9 Å². The quantitative estimate of drug-likeness (QED) is 0.204. The van der Waals surface area contributed by atoms with Crippen LogP contribution in [0.3, 0.4) is 0 Å². The monoisotopic (exact) mass is 654 g/mol. The zero-order chi connectivity index (χ0) is 30.6. The zero-order valence-corrected chi connectivity index (χ0v) is 23.1. The molecule has 15 heteroatoms. The van der Waals surface area contributed by atoms with Crippen LogP contribution in [0.1, 0.15) is 39.0 Å². The number of carbonyl (C=O) groups is 2. The Hall–Kier alpha value is -4.53. The number of halogens is 6. The van der Waals surface area contributed by atoms with Gasteiger partial charge in [-0.05, 0) is 64.3 Å². The predicted molar refractivity (Wildman–Crippen MR) is 140 cm³/mol. The smallest absolute Gasteiger partial charge is 0.416 e. The Kier molecular flexibility index (Phi) is 9.09. The van der Waals surface area contributed by atoms with Crippen LogP contribution in [0.4, 0.5) is 26.7 Å². The molecule has 0 fully saturated rings. The highest BCUT2D eigenvalue weighted by atomic mass is 79.9. The van der Waals surface area contributed by atoms with Crippen molar-refractivity contribution in [2.75, 3.05) is 6.61 Å². The molecule has 1 atom stereocenters. The summed E-state index contributed by atoms with van der Waals surface area (Å²) in [5.74, 6) is -4.97. The molecule has 2 amide bonds. The summed E-state index contributed by atoms with van der Waals surface area (Å²) in [4.78, 5) is 32.2. The summed E-state index contributed by atoms with van der Waals surface area (Å²) in [6, 6.07) is 7.35. The van der Waals surface area contributed by atoms with E-state index in [1.165, 1.54) is 0 Å². The van der Waals surface area contributed by atoms with Crippen molar-refractivity contribution in [3.63, 3.8) is 0 Å². The van der Waals surface area contributed by atoms with Crippen LogP contribution < -0.4 is 15.8 Å². The molecule has 0 saturated heterocycles. The van der Waals surface area contributed by atoms with Gasteiger partial charge in [0.15, 0.2) is 16.2 Å². The van der Waals surface area contributed by atoms with Gasteiger partial charge in [-0.15, -0.1) is 0 Å². The molecule has 0 aliphatic carbocycles. The Morgan fingerprint density at radius 3 is 2.48 bits per heavy atom. The number of primary amides is 1. The number of ether oxygens (including phenoxy) is 2. The van der Waals surface area contributed by atoms with Crippen LogP contribution in [0.15, 0.2) is 63.9 Å². The lowest BCUT2D eigenvalue weighted by atomic mass is 10.1. The van der Waals surface area contributed by atoms with Gasteiger partial charge in [0.25, 0.3) is 5.91 Å². The Morgan fingerprint density at radius 1 is 1.12 bits per heavy atom. The first-order valence-electron chi connectivity index (χ1n) is 11.9. The lowest BCUT2D eigenvalue weighted by molar-refractivity contribution is -0.137. The summed E-state index contributed by atoms with van der Waals surface area (Å²) in [5.41, 5.74) is 4.99. The second-order valence-electron chi connectivity index (χ2n) is 8.71. The van der Waals surface area contributed by atoms with E-state index in [1.807, 2.05) is 0 Å². The highest BCUT2D eigenvalue weighted by molar-refractivity contribution is 9.10. The SMILES string of the molecule is Cc1cnccc1CNC(=O)OCC(Oc1ccc(F)c(C(N)=O)c1F)c1nc(-c2ccc(C(F)(F)F)cc2)c(Br)o1. The third-order valence-corrected chi connectivity index (χ3v) is 6.40. The summed E-state index contributed by atoms with van der Waals surface area (Å²) in [6.07, 6.45) is -3.77. The number of aromatic nitrogens is 2. The molecule has 2 aromatic carbocycles. The van der Waals surface area contributed by atoms with E-state index in [0.717, 1.165) is 47.5 Å². The Bertz CT molecular complexity index is 1610. The second-order valence-corrected chi connectivity index (χ2v) is 9.43. The standard InChI is InChI=1S/C27H20BrF5N4O5/c1-13-10-35-9-8-15(13)11-36-26(39)40-12-19(41-18-7-6-17(29)20(21(18)30)24(34)38)25-37-22(23(28)42-25)14-2-4-16(5-3-14)27(31,32)33/h2-10,19H,11-12H2,1H3,(H2,34,38)(H,36,39). The Labute approximate surface area is 243 Å². The summed E-state index contributed by atoms with van der Waals surface area (Å²) < 4.78 is 84.3. The van der Waals surface area contributed by atoms with Gasteiger partial charge in [-0.25, -0.2) is 18.6 Å². The summed E-state index contributed by atoms with van der Waals surface area (Å²) in [7, 11) is 0. The number of hydrogen-bond donors (Lipinski definition) is 2. The number of hydrogen-bond acceptors (Lipinski definition) is 7. The maximum Gasteiger partial charge on any atom is 0.416 e. The molecule has 0 aliphatic heterocycles. The van der Waals surface area contributed by atoms with E-state index in [1.54, 1.807) is 25.4 Å². The van der Waals surface area contributed by atoms with Crippen molar-refractivity contribution in [1.29, 1.82) is 0 Å². The fourth-order valence-electron chi connectivity index (χ4n) is 3.68. The van der Waals surface area contributed by atoms with E-state index in [9.17, 15) is 31.5 Å². The largest absolute Gasteiger partial charge is 0.474 e. The molecule has 42 heavy (non-hydrogen) atoms. The zero-order valence-electron chi connectivity index (χ0n) is 21.5. The van der Waals surface area contributed by atoms with E-state index in [2.05, 4.69) is 31.2 Å². The average molecular weight is 655 g/mol. The molecule has 2 aromatic heterocycles. The number of rotatable bonds is 9. The molecule has 0 saturated carbocycles. The van der Waals surface area contributed by atoms with Gasteiger partial charge >= 0.3 is 12.3 Å². The number of pyridine rings is 1. The second kappa shape index (κ2) is 12.5. The fraction of sp³-hybridized carbons (Fsp3) is 0.185. The van der Waals surface area contributed by atoms with Crippen molar-refractivity contribution in [2.45, 2.75) is 25.7 Å². The minimum atomic E-state index is -4.55. The number of alkyl halides is 3. The first-order chi connectivity index (χ1) is 19.8. The van der Waals surface area contributed by atoms with Crippen molar-refractivity contribution in [2.24, 2.45) is 5.73 Å². The molecule has 4 aromatic rings. The maximum atomic E-state index is 14.9. The van der Waals surface area contributed by atoms with Gasteiger partial charge < -0.3 is 24.9 Å². The van der Waals surface area contributed by atoms with Gasteiger partial charge in [0.1, 0.15) is 23.7 Å². The number of amides is 2. The van der Waals surface area contributed by atoms with Gasteiger partial charge in [-0.3, -0.25) is 9.78 Å². The molecule has 9 nitrogen and oxygen atoms in total. The number of nitrogens with zero attached hydrogens (tertiary/aromatic N) is 2. The molecule has 220 valence electrons. The molecule has 3 N–H and O–H groups in total. The molecule has 0 aliphatic rings. The third-order valence-electron chi connectivity index (χ3n) is 5.86. The fourth-order valence-corrected chi connectivity index (χ4v) is 4.16. The van der Waals surface area contributed by atoms with Crippen molar-refractivity contribution >= 4 is 27.9 Å². The van der Waals surface area contributed by atoms with E-state index >= 15 is 0 Å². The maximum absolute atomic E-state index is 14.9. The van der Waals surface area contributed by atoms with Crippen LogP contribution in [0, 0.1) is 18.6 Å². The first-order valence-corrected chi connectivity index (χ1v) is 12.7. The number of oxazole rings is 1. The van der Waals surface area contributed by atoms with E-state index < -0.39 is 59.4 Å². The van der Waals surface area contributed by atoms with Gasteiger partial charge in [0.05, 0.1) is 5.56 Å². The molecule has 4 rings (SSSR count). The molecule has 0 radical (unpaired) electrons. The molecular weight excluding hydrogens is 635 g/mol. The van der Waals surface area contributed by atoms with Crippen molar-refractivity contribution in [3.8, 4) is 17.0 Å². The minimum Gasteiger partial charge on any atom is -0.474 e. The number of aryl methyl sites for hydroxylation is 1. The van der Waals surface area contributed by atoms with Crippen molar-refractivity contribution in [1.82, 2.24) is 15.3 Å². The highest BCUT2D eigenvalue weighted by Crippen LogP contribution is 2.36. The number of nitrogens with two attached hydrogens (primary N) is 1. The third kappa shape index (κ3) is 7.02. The summed E-state index contributed by atoms with van der Waals surface area (Å²) >= 11 is 3.14. The Morgan fingerprint density at radius 2 is 1.83 bits per heavy atom. The summed E-state index contributed by atoms with van der Waals surface area (Å²) in [5, 5.41) is 2.53. The minimum absolute atomic E-state index is 0.0270. The van der Waals surface area contributed by atoms with Crippen LogP contribution in [-0.2, 0) is 17.5 Å². The van der Waals surface area contributed by atoms with Gasteiger partial charge in [0.2, 0.25) is 12.0 Å². The van der Waals surface area contributed by atoms with E-state index in [0.29, 0.717) is 0 Å². The van der Waals surface area contributed by atoms with Crippen LogP contribution in [0.2, 0.25) is 0 Å². The lowest BCUT2D eigenvalue weighted by Gasteiger charge is -2.18. The van der Waals surface area contributed by atoms with Gasteiger partial charge in [-0.1, -0.05) is 12.1 Å². The van der Waals surface area contributed by atoms with Gasteiger partial charge in [0, 0.05) is 24.5 Å². The molecule has 0 spiro atoms. The topological polar surface area (TPSA) is 130 Å². The number of nitrogens with one attached hydrogen (secondary N) is 1. The van der Waals surface area contributed by atoms with E-state index in [4.69, 9.17) is 19.6 Å². The Balaban J connectivity index is 1.60.